The van der Waals surface area contributed by atoms with E-state index in [9.17, 15) is 4.79 Å². The molecule has 1 amide bonds. The zero-order valence-electron chi connectivity index (χ0n) is 18.2. The predicted octanol–water partition coefficient (Wildman–Crippen LogP) is 5.15. The number of ether oxygens (including phenoxy) is 1. The lowest BCUT2D eigenvalue weighted by molar-refractivity contribution is -0.116. The summed E-state index contributed by atoms with van der Waals surface area (Å²) in [5.74, 6) is 1.17. The average Bonchev–Trinajstić information content (AvgIpc) is 3.61. The van der Waals surface area contributed by atoms with Gasteiger partial charge in [0.1, 0.15) is 5.75 Å². The number of carbonyl (C=O) groups is 1. The monoisotopic (exact) mass is 425 g/mol. The quantitative estimate of drug-likeness (QED) is 0.642. The Kier molecular flexibility index (Phi) is 5.31. The largest absolute Gasteiger partial charge is 0.493 e. The molecule has 0 spiro atoms. The van der Waals surface area contributed by atoms with E-state index >= 15 is 0 Å². The maximum absolute atomic E-state index is 12.1. The van der Waals surface area contributed by atoms with E-state index in [1.54, 1.807) is 18.3 Å². The van der Waals surface area contributed by atoms with Gasteiger partial charge < -0.3 is 4.74 Å². The van der Waals surface area contributed by atoms with Crippen molar-refractivity contribution in [2.45, 2.75) is 84.0 Å². The third-order valence-electron chi connectivity index (χ3n) is 6.62. The molecule has 0 saturated heterocycles. The first-order valence-corrected chi connectivity index (χ1v) is 12.1. The second-order valence-electron chi connectivity index (χ2n) is 9.13. The van der Waals surface area contributed by atoms with Crippen LogP contribution in [0.4, 0.5) is 5.13 Å². The van der Waals surface area contributed by atoms with Crippen LogP contribution in [-0.4, -0.2) is 34.5 Å². The number of thiazole rings is 1. The summed E-state index contributed by atoms with van der Waals surface area (Å²) in [4.78, 5) is 21.6. The van der Waals surface area contributed by atoms with Crippen molar-refractivity contribution in [2.24, 2.45) is 0 Å². The van der Waals surface area contributed by atoms with Crippen molar-refractivity contribution in [3.8, 4) is 5.75 Å². The number of aromatic nitrogens is 1. The number of benzene rings is 1. The Balaban J connectivity index is 1.42. The maximum Gasteiger partial charge on any atom is 0.225 e. The third-order valence-corrected chi connectivity index (χ3v) is 7.51. The number of aryl methyl sites for hydroxylation is 2. The summed E-state index contributed by atoms with van der Waals surface area (Å²) in [5.41, 5.74) is 5.05. The van der Waals surface area contributed by atoms with E-state index in [1.807, 2.05) is 4.90 Å². The van der Waals surface area contributed by atoms with Gasteiger partial charge in [0.15, 0.2) is 5.13 Å². The standard InChI is InChI=1S/C24H31N3O2S/c1-15-11-21-22(5-4-10-29-23(21)12-16(15)2)26(19-6-7-19)13-18-14-30-24(25-18)27(17(3)28)20-8-9-20/h11-12,14,19-20,22H,4-10,13H2,1-3H3/t22-/m1/s1. The zero-order chi connectivity index (χ0) is 20.8. The Morgan fingerprint density at radius 3 is 2.57 bits per heavy atom. The van der Waals surface area contributed by atoms with Gasteiger partial charge in [-0.15, -0.1) is 11.3 Å². The van der Waals surface area contributed by atoms with Crippen LogP contribution < -0.4 is 9.64 Å². The molecule has 5 rings (SSSR count). The Morgan fingerprint density at radius 1 is 1.13 bits per heavy atom. The molecule has 2 heterocycles. The Hall–Kier alpha value is -1.92. The second kappa shape index (κ2) is 7.97. The molecule has 2 aromatic rings. The lowest BCUT2D eigenvalue weighted by Gasteiger charge is -2.31. The molecular weight excluding hydrogens is 394 g/mol. The van der Waals surface area contributed by atoms with Crippen LogP contribution in [0.5, 0.6) is 5.75 Å². The molecule has 1 aliphatic heterocycles. The van der Waals surface area contributed by atoms with Crippen molar-refractivity contribution in [3.05, 3.63) is 39.9 Å². The summed E-state index contributed by atoms with van der Waals surface area (Å²) in [6.07, 6.45) is 6.90. The second-order valence-corrected chi connectivity index (χ2v) is 9.96. The number of hydrogen-bond donors (Lipinski definition) is 0. The van der Waals surface area contributed by atoms with E-state index in [0.29, 0.717) is 18.1 Å². The summed E-state index contributed by atoms with van der Waals surface area (Å²) in [5, 5.41) is 3.02. The van der Waals surface area contributed by atoms with Gasteiger partial charge in [-0.1, -0.05) is 6.07 Å². The van der Waals surface area contributed by atoms with Crippen LogP contribution in [0.15, 0.2) is 17.5 Å². The number of amides is 1. The molecule has 1 aromatic heterocycles. The lowest BCUT2D eigenvalue weighted by atomic mass is 9.96. The number of fused-ring (bicyclic) bond motifs is 1. The number of carbonyl (C=O) groups excluding carboxylic acids is 1. The van der Waals surface area contributed by atoms with Crippen molar-refractivity contribution in [2.75, 3.05) is 11.5 Å². The van der Waals surface area contributed by atoms with Gasteiger partial charge in [0.25, 0.3) is 0 Å². The van der Waals surface area contributed by atoms with Crippen LogP contribution in [0.3, 0.4) is 0 Å². The van der Waals surface area contributed by atoms with Gasteiger partial charge in [0, 0.05) is 42.5 Å². The summed E-state index contributed by atoms with van der Waals surface area (Å²) in [6.45, 7) is 7.65. The summed E-state index contributed by atoms with van der Waals surface area (Å²) in [6, 6.07) is 5.91. The normalized spacial score (nSPS) is 21.1. The first kappa shape index (κ1) is 20.0. The van der Waals surface area contributed by atoms with Gasteiger partial charge in [-0.25, -0.2) is 4.98 Å². The van der Waals surface area contributed by atoms with Gasteiger partial charge in [-0.2, -0.15) is 0 Å². The first-order valence-electron chi connectivity index (χ1n) is 11.2. The summed E-state index contributed by atoms with van der Waals surface area (Å²) >= 11 is 1.61. The summed E-state index contributed by atoms with van der Waals surface area (Å²) in [7, 11) is 0. The molecule has 1 atom stereocenters. The minimum atomic E-state index is 0.109. The Morgan fingerprint density at radius 2 is 1.87 bits per heavy atom. The zero-order valence-corrected chi connectivity index (χ0v) is 19.0. The highest BCUT2D eigenvalue weighted by Crippen LogP contribution is 2.43. The maximum atomic E-state index is 12.1. The molecule has 2 fully saturated rings. The topological polar surface area (TPSA) is 45.7 Å². The van der Waals surface area contributed by atoms with Gasteiger partial charge >= 0.3 is 0 Å². The van der Waals surface area contributed by atoms with Crippen molar-refractivity contribution >= 4 is 22.4 Å². The van der Waals surface area contributed by atoms with Gasteiger partial charge in [0.2, 0.25) is 5.91 Å². The molecule has 30 heavy (non-hydrogen) atoms. The third kappa shape index (κ3) is 4.00. The van der Waals surface area contributed by atoms with Crippen LogP contribution in [0.1, 0.15) is 73.9 Å². The Bertz CT molecular complexity index is 948. The highest BCUT2D eigenvalue weighted by Gasteiger charge is 2.38. The van der Waals surface area contributed by atoms with Gasteiger partial charge in [-0.05, 0) is 69.6 Å². The van der Waals surface area contributed by atoms with Crippen LogP contribution in [0.2, 0.25) is 0 Å². The Labute approximate surface area is 183 Å². The van der Waals surface area contributed by atoms with E-state index in [2.05, 4.69) is 36.3 Å². The minimum Gasteiger partial charge on any atom is -0.493 e. The molecule has 160 valence electrons. The minimum absolute atomic E-state index is 0.109. The predicted molar refractivity (Wildman–Crippen MR) is 120 cm³/mol. The molecule has 0 N–H and O–H groups in total. The first-order chi connectivity index (χ1) is 14.5. The van der Waals surface area contributed by atoms with Crippen molar-refractivity contribution in [3.63, 3.8) is 0 Å². The molecule has 5 nitrogen and oxygen atoms in total. The van der Waals surface area contributed by atoms with Crippen LogP contribution >= 0.6 is 11.3 Å². The van der Waals surface area contributed by atoms with E-state index in [4.69, 9.17) is 9.72 Å². The summed E-state index contributed by atoms with van der Waals surface area (Å²) < 4.78 is 6.13. The highest BCUT2D eigenvalue weighted by atomic mass is 32.1. The molecule has 1 aromatic carbocycles. The number of rotatable bonds is 6. The smallest absolute Gasteiger partial charge is 0.225 e. The van der Waals surface area contributed by atoms with Crippen molar-refractivity contribution in [1.29, 1.82) is 0 Å². The molecule has 0 radical (unpaired) electrons. The number of nitrogens with zero attached hydrogens (tertiary/aromatic N) is 3. The molecule has 0 unspecified atom stereocenters. The van der Waals surface area contributed by atoms with Crippen molar-refractivity contribution in [1.82, 2.24) is 9.88 Å². The lowest BCUT2D eigenvalue weighted by Crippen LogP contribution is -2.32. The van der Waals surface area contributed by atoms with E-state index in [-0.39, 0.29) is 5.91 Å². The van der Waals surface area contributed by atoms with Gasteiger partial charge in [0.05, 0.1) is 12.3 Å². The van der Waals surface area contributed by atoms with Crippen LogP contribution in [-0.2, 0) is 11.3 Å². The molecule has 3 aliphatic rings. The fourth-order valence-corrected chi connectivity index (χ4v) is 5.53. The van der Waals surface area contributed by atoms with Crippen LogP contribution in [0.25, 0.3) is 0 Å². The molecule has 2 aliphatic carbocycles. The van der Waals surface area contributed by atoms with E-state index in [0.717, 1.165) is 55.4 Å². The number of anilines is 1. The fourth-order valence-electron chi connectivity index (χ4n) is 4.60. The molecule has 2 saturated carbocycles. The molecule has 6 heteroatoms. The number of hydrogen-bond acceptors (Lipinski definition) is 5. The highest BCUT2D eigenvalue weighted by molar-refractivity contribution is 7.14. The van der Waals surface area contributed by atoms with Crippen LogP contribution in [0, 0.1) is 13.8 Å². The van der Waals surface area contributed by atoms with E-state index < -0.39 is 0 Å². The average molecular weight is 426 g/mol. The SMILES string of the molecule is CC(=O)N(c1nc(CN(C2CC2)[C@@H]2CCCOc3cc(C)c(C)cc32)cs1)C1CC1. The fraction of sp³-hybridized carbons (Fsp3) is 0.583. The van der Waals surface area contributed by atoms with E-state index in [1.165, 1.54) is 29.5 Å². The van der Waals surface area contributed by atoms with Gasteiger partial charge in [-0.3, -0.25) is 14.6 Å². The molecular formula is C24H31N3O2S. The molecule has 0 bridgehead atoms. The van der Waals surface area contributed by atoms with Crippen molar-refractivity contribution < 1.29 is 9.53 Å².